The number of hydrogen-bond donors (Lipinski definition) is 2. The van der Waals surface area contributed by atoms with Gasteiger partial charge in [-0.25, -0.2) is 0 Å². The van der Waals surface area contributed by atoms with Crippen molar-refractivity contribution in [2.75, 3.05) is 10.6 Å². The summed E-state index contributed by atoms with van der Waals surface area (Å²) in [5, 5.41) is 5.61. The Labute approximate surface area is 150 Å². The van der Waals surface area contributed by atoms with E-state index in [0.717, 1.165) is 17.0 Å². The second kappa shape index (κ2) is 6.72. The molecule has 5 heteroatoms. The Hall–Kier alpha value is -3.60. The van der Waals surface area contributed by atoms with Crippen molar-refractivity contribution in [3.8, 4) is 11.5 Å². The molecule has 26 heavy (non-hydrogen) atoms. The molecule has 5 nitrogen and oxygen atoms in total. The smallest absolute Gasteiger partial charge is 0.255 e. The Balaban J connectivity index is 1.43. The highest BCUT2D eigenvalue weighted by atomic mass is 16.5. The van der Waals surface area contributed by atoms with Gasteiger partial charge in [-0.05, 0) is 60.2 Å². The number of nitrogens with one attached hydrogen (secondary N) is 2. The molecule has 0 saturated heterocycles. The minimum Gasteiger partial charge on any atom is -0.457 e. The molecule has 3 aromatic rings. The highest BCUT2D eigenvalue weighted by molar-refractivity contribution is 6.06. The number of amides is 2. The predicted octanol–water partition coefficient (Wildman–Crippen LogP) is 4.23. The molecule has 128 valence electrons. The molecule has 0 saturated carbocycles. The monoisotopic (exact) mass is 344 g/mol. The van der Waals surface area contributed by atoms with Crippen LogP contribution in [-0.4, -0.2) is 11.8 Å². The number of benzene rings is 3. The Morgan fingerprint density at radius 2 is 1.65 bits per heavy atom. The molecule has 0 aliphatic carbocycles. The van der Waals surface area contributed by atoms with Crippen molar-refractivity contribution < 1.29 is 14.3 Å². The van der Waals surface area contributed by atoms with Crippen LogP contribution >= 0.6 is 0 Å². The van der Waals surface area contributed by atoms with Gasteiger partial charge in [-0.15, -0.1) is 0 Å². The van der Waals surface area contributed by atoms with Crippen molar-refractivity contribution in [2.24, 2.45) is 0 Å². The van der Waals surface area contributed by atoms with Crippen LogP contribution in [0, 0.1) is 0 Å². The number of carbonyl (C=O) groups excluding carboxylic acids is 2. The first-order valence-corrected chi connectivity index (χ1v) is 8.24. The maximum atomic E-state index is 12.4. The topological polar surface area (TPSA) is 67.4 Å². The summed E-state index contributed by atoms with van der Waals surface area (Å²) in [7, 11) is 0. The second-order valence-corrected chi connectivity index (χ2v) is 5.99. The van der Waals surface area contributed by atoms with Gasteiger partial charge in [-0.2, -0.15) is 0 Å². The van der Waals surface area contributed by atoms with E-state index >= 15 is 0 Å². The number of carbonyl (C=O) groups is 2. The van der Waals surface area contributed by atoms with E-state index in [-0.39, 0.29) is 11.8 Å². The lowest BCUT2D eigenvalue weighted by atomic mass is 10.1. The van der Waals surface area contributed by atoms with Crippen molar-refractivity contribution in [2.45, 2.75) is 6.42 Å². The summed E-state index contributed by atoms with van der Waals surface area (Å²) in [6.07, 6.45) is 0.308. The van der Waals surface area contributed by atoms with Crippen LogP contribution in [0.1, 0.15) is 15.9 Å². The maximum absolute atomic E-state index is 12.4. The zero-order chi connectivity index (χ0) is 17.9. The summed E-state index contributed by atoms with van der Waals surface area (Å²) in [5.41, 5.74) is 2.80. The lowest BCUT2D eigenvalue weighted by Crippen LogP contribution is -2.12. The van der Waals surface area contributed by atoms with E-state index in [0.29, 0.717) is 23.4 Å². The summed E-state index contributed by atoms with van der Waals surface area (Å²) in [6.45, 7) is 0. The van der Waals surface area contributed by atoms with E-state index in [1.54, 1.807) is 42.5 Å². The zero-order valence-corrected chi connectivity index (χ0v) is 13.9. The molecule has 0 bridgehead atoms. The van der Waals surface area contributed by atoms with Crippen LogP contribution < -0.4 is 15.4 Å². The summed E-state index contributed by atoms with van der Waals surface area (Å²) in [6, 6.07) is 21.9. The van der Waals surface area contributed by atoms with Crippen LogP contribution in [-0.2, 0) is 11.2 Å². The quantitative estimate of drug-likeness (QED) is 0.744. The minimum atomic E-state index is -0.219. The Morgan fingerprint density at radius 1 is 0.923 bits per heavy atom. The van der Waals surface area contributed by atoms with Crippen molar-refractivity contribution in [3.05, 3.63) is 83.9 Å². The molecule has 0 spiro atoms. The van der Waals surface area contributed by atoms with Gasteiger partial charge in [-0.1, -0.05) is 18.2 Å². The third kappa shape index (κ3) is 3.42. The van der Waals surface area contributed by atoms with Gasteiger partial charge in [0, 0.05) is 16.9 Å². The van der Waals surface area contributed by atoms with Crippen LogP contribution in [0.3, 0.4) is 0 Å². The van der Waals surface area contributed by atoms with Crippen molar-refractivity contribution in [1.29, 1.82) is 0 Å². The fraction of sp³-hybridized carbons (Fsp3) is 0.0476. The molecule has 4 rings (SSSR count). The number of rotatable bonds is 4. The normalized spacial score (nSPS) is 12.2. The molecule has 3 aromatic carbocycles. The Morgan fingerprint density at radius 3 is 2.42 bits per heavy atom. The van der Waals surface area contributed by atoms with Gasteiger partial charge in [-0.3, -0.25) is 9.59 Å². The molecule has 0 unspecified atom stereocenters. The van der Waals surface area contributed by atoms with Crippen LogP contribution in [0.5, 0.6) is 11.5 Å². The van der Waals surface area contributed by atoms with E-state index in [1.165, 1.54) is 0 Å². The average molecular weight is 344 g/mol. The van der Waals surface area contributed by atoms with Crippen LogP contribution in [0.15, 0.2) is 72.8 Å². The van der Waals surface area contributed by atoms with Crippen LogP contribution in [0.25, 0.3) is 0 Å². The van der Waals surface area contributed by atoms with Gasteiger partial charge >= 0.3 is 0 Å². The molecule has 0 radical (unpaired) electrons. The van der Waals surface area contributed by atoms with E-state index in [9.17, 15) is 9.59 Å². The van der Waals surface area contributed by atoms with E-state index in [2.05, 4.69) is 10.6 Å². The summed E-state index contributed by atoms with van der Waals surface area (Å²) < 4.78 is 5.73. The summed E-state index contributed by atoms with van der Waals surface area (Å²) in [4.78, 5) is 23.8. The second-order valence-electron chi connectivity index (χ2n) is 5.99. The van der Waals surface area contributed by atoms with Crippen LogP contribution in [0.2, 0.25) is 0 Å². The molecule has 2 N–H and O–H groups in total. The lowest BCUT2D eigenvalue weighted by Gasteiger charge is -2.09. The van der Waals surface area contributed by atoms with Gasteiger partial charge in [0.25, 0.3) is 5.91 Å². The third-order valence-electron chi connectivity index (χ3n) is 4.08. The van der Waals surface area contributed by atoms with E-state index < -0.39 is 0 Å². The van der Waals surface area contributed by atoms with Gasteiger partial charge < -0.3 is 15.4 Å². The SMILES string of the molecule is O=C1Cc2cc(C(=O)Nc3ccc(Oc4ccccc4)cc3)ccc2N1. The summed E-state index contributed by atoms with van der Waals surface area (Å²) in [5.74, 6) is 1.18. The Bertz CT molecular complexity index is 966. The molecule has 0 fully saturated rings. The van der Waals surface area contributed by atoms with Gasteiger partial charge in [0.2, 0.25) is 5.91 Å². The zero-order valence-electron chi connectivity index (χ0n) is 13.9. The number of fused-ring (bicyclic) bond motifs is 1. The first kappa shape index (κ1) is 15.9. The molecule has 0 aromatic heterocycles. The largest absolute Gasteiger partial charge is 0.457 e. The minimum absolute atomic E-state index is 0.0495. The molecular formula is C21H16N2O3. The number of hydrogen-bond acceptors (Lipinski definition) is 3. The maximum Gasteiger partial charge on any atom is 0.255 e. The molecule has 0 atom stereocenters. The Kier molecular flexibility index (Phi) is 4.11. The van der Waals surface area contributed by atoms with Gasteiger partial charge in [0.1, 0.15) is 11.5 Å². The molecule has 2 amide bonds. The van der Waals surface area contributed by atoms with Crippen molar-refractivity contribution in [3.63, 3.8) is 0 Å². The van der Waals surface area contributed by atoms with Crippen molar-refractivity contribution in [1.82, 2.24) is 0 Å². The van der Waals surface area contributed by atoms with Gasteiger partial charge in [0.05, 0.1) is 6.42 Å². The predicted molar refractivity (Wildman–Crippen MR) is 99.7 cm³/mol. The molecule has 1 heterocycles. The van der Waals surface area contributed by atoms with Gasteiger partial charge in [0.15, 0.2) is 0 Å². The highest BCUT2D eigenvalue weighted by Gasteiger charge is 2.19. The highest BCUT2D eigenvalue weighted by Crippen LogP contribution is 2.25. The number of ether oxygens (including phenoxy) is 1. The number of anilines is 2. The standard InChI is InChI=1S/C21H16N2O3/c24-20-13-15-12-14(6-11-19(15)23-20)21(25)22-16-7-9-18(10-8-16)26-17-4-2-1-3-5-17/h1-12H,13H2,(H,22,25)(H,23,24). The van der Waals surface area contributed by atoms with E-state index in [1.807, 2.05) is 30.3 Å². The first-order chi connectivity index (χ1) is 12.7. The molecule has 1 aliphatic heterocycles. The fourth-order valence-electron chi connectivity index (χ4n) is 2.80. The van der Waals surface area contributed by atoms with Crippen LogP contribution in [0.4, 0.5) is 11.4 Å². The lowest BCUT2D eigenvalue weighted by molar-refractivity contribution is -0.115. The number of para-hydroxylation sites is 1. The van der Waals surface area contributed by atoms with E-state index in [4.69, 9.17) is 4.74 Å². The molecule has 1 aliphatic rings. The first-order valence-electron chi connectivity index (χ1n) is 8.24. The fourth-order valence-corrected chi connectivity index (χ4v) is 2.80. The average Bonchev–Trinajstić information content (AvgIpc) is 3.03. The molecular weight excluding hydrogens is 328 g/mol. The summed E-state index contributed by atoms with van der Waals surface area (Å²) >= 11 is 0. The van der Waals surface area contributed by atoms with Crippen molar-refractivity contribution >= 4 is 23.2 Å². The third-order valence-corrected chi connectivity index (χ3v) is 4.08.